The van der Waals surface area contributed by atoms with E-state index >= 15 is 0 Å². The van der Waals surface area contributed by atoms with E-state index in [4.69, 9.17) is 4.74 Å². The molecule has 2 rings (SSSR count). The number of nitrogens with one attached hydrogen (secondary N) is 1. The van der Waals surface area contributed by atoms with Crippen molar-refractivity contribution in [3.05, 3.63) is 36.4 Å². The SMILES string of the molecule is CCCNc1ncnc(Oc2cccnc2)c1C. The van der Waals surface area contributed by atoms with Crippen LogP contribution in [0.5, 0.6) is 11.6 Å². The van der Waals surface area contributed by atoms with Gasteiger partial charge in [-0.15, -0.1) is 0 Å². The molecule has 5 heteroatoms. The van der Waals surface area contributed by atoms with Crippen molar-refractivity contribution in [2.24, 2.45) is 0 Å². The molecule has 2 aromatic rings. The molecule has 0 bridgehead atoms. The third kappa shape index (κ3) is 2.94. The van der Waals surface area contributed by atoms with Gasteiger partial charge in [0.25, 0.3) is 0 Å². The first kappa shape index (κ1) is 12.3. The van der Waals surface area contributed by atoms with Crippen molar-refractivity contribution in [3.63, 3.8) is 0 Å². The number of aromatic nitrogens is 3. The predicted molar refractivity (Wildman–Crippen MR) is 69.9 cm³/mol. The van der Waals surface area contributed by atoms with Gasteiger partial charge in [-0.25, -0.2) is 9.97 Å². The number of anilines is 1. The summed E-state index contributed by atoms with van der Waals surface area (Å²) in [6, 6.07) is 3.66. The van der Waals surface area contributed by atoms with Gasteiger partial charge in [-0.05, 0) is 25.5 Å². The Bertz CT molecular complexity index is 502. The molecule has 0 aliphatic carbocycles. The highest BCUT2D eigenvalue weighted by Crippen LogP contribution is 2.25. The van der Waals surface area contributed by atoms with Gasteiger partial charge >= 0.3 is 0 Å². The molecule has 0 spiro atoms. The maximum atomic E-state index is 5.68. The lowest BCUT2D eigenvalue weighted by Gasteiger charge is -2.11. The summed E-state index contributed by atoms with van der Waals surface area (Å²) in [7, 11) is 0. The summed E-state index contributed by atoms with van der Waals surface area (Å²) in [5.41, 5.74) is 0.898. The van der Waals surface area contributed by atoms with E-state index in [1.54, 1.807) is 12.4 Å². The van der Waals surface area contributed by atoms with Gasteiger partial charge in [0.15, 0.2) is 0 Å². The Hall–Kier alpha value is -2.17. The molecule has 18 heavy (non-hydrogen) atoms. The van der Waals surface area contributed by atoms with Gasteiger partial charge in [-0.3, -0.25) is 4.98 Å². The summed E-state index contributed by atoms with van der Waals surface area (Å²) in [5, 5.41) is 3.24. The van der Waals surface area contributed by atoms with E-state index in [1.165, 1.54) is 6.33 Å². The number of nitrogens with zero attached hydrogens (tertiary/aromatic N) is 3. The highest BCUT2D eigenvalue weighted by Gasteiger charge is 2.08. The summed E-state index contributed by atoms with van der Waals surface area (Å²) in [4.78, 5) is 12.3. The van der Waals surface area contributed by atoms with Gasteiger partial charge in [0, 0.05) is 12.7 Å². The second-order valence-electron chi connectivity index (χ2n) is 3.87. The van der Waals surface area contributed by atoms with Crippen molar-refractivity contribution in [2.45, 2.75) is 20.3 Å². The molecule has 1 N–H and O–H groups in total. The van der Waals surface area contributed by atoms with Gasteiger partial charge in [0.1, 0.15) is 17.9 Å². The zero-order valence-corrected chi connectivity index (χ0v) is 10.6. The molecule has 0 aromatic carbocycles. The van der Waals surface area contributed by atoms with Crippen molar-refractivity contribution >= 4 is 5.82 Å². The minimum atomic E-state index is 0.552. The van der Waals surface area contributed by atoms with Crippen LogP contribution in [0.3, 0.4) is 0 Å². The van der Waals surface area contributed by atoms with Crippen LogP contribution < -0.4 is 10.1 Å². The van der Waals surface area contributed by atoms with Crippen LogP contribution in [0.15, 0.2) is 30.9 Å². The Morgan fingerprint density at radius 3 is 2.94 bits per heavy atom. The highest BCUT2D eigenvalue weighted by molar-refractivity contribution is 5.48. The van der Waals surface area contributed by atoms with Crippen LogP contribution in [0.4, 0.5) is 5.82 Å². The van der Waals surface area contributed by atoms with E-state index in [1.807, 2.05) is 19.1 Å². The minimum Gasteiger partial charge on any atom is -0.437 e. The number of ether oxygens (including phenoxy) is 1. The molecule has 0 fully saturated rings. The van der Waals surface area contributed by atoms with Crippen molar-refractivity contribution in [1.82, 2.24) is 15.0 Å². The molecule has 0 aliphatic rings. The van der Waals surface area contributed by atoms with E-state index in [-0.39, 0.29) is 0 Å². The average Bonchev–Trinajstić information content (AvgIpc) is 2.41. The summed E-state index contributed by atoms with van der Waals surface area (Å²) >= 11 is 0. The fraction of sp³-hybridized carbons (Fsp3) is 0.308. The van der Waals surface area contributed by atoms with Crippen molar-refractivity contribution in [1.29, 1.82) is 0 Å². The van der Waals surface area contributed by atoms with Gasteiger partial charge in [-0.1, -0.05) is 6.92 Å². The second kappa shape index (κ2) is 5.95. The van der Waals surface area contributed by atoms with Crippen LogP contribution in [-0.2, 0) is 0 Å². The Morgan fingerprint density at radius 1 is 1.33 bits per heavy atom. The molecular formula is C13H16N4O. The van der Waals surface area contributed by atoms with Crippen LogP contribution in [-0.4, -0.2) is 21.5 Å². The summed E-state index contributed by atoms with van der Waals surface area (Å²) < 4.78 is 5.68. The monoisotopic (exact) mass is 244 g/mol. The highest BCUT2D eigenvalue weighted by atomic mass is 16.5. The normalized spacial score (nSPS) is 10.1. The summed E-state index contributed by atoms with van der Waals surface area (Å²) in [6.07, 6.45) is 5.90. The quantitative estimate of drug-likeness (QED) is 0.876. The van der Waals surface area contributed by atoms with Gasteiger partial charge in [0.2, 0.25) is 5.88 Å². The third-order valence-electron chi connectivity index (χ3n) is 2.43. The zero-order valence-electron chi connectivity index (χ0n) is 10.6. The van der Waals surface area contributed by atoms with E-state index in [9.17, 15) is 0 Å². The van der Waals surface area contributed by atoms with Gasteiger partial charge < -0.3 is 10.1 Å². The number of hydrogen-bond acceptors (Lipinski definition) is 5. The molecule has 0 amide bonds. The first-order valence-corrected chi connectivity index (χ1v) is 5.94. The van der Waals surface area contributed by atoms with Crippen LogP contribution in [0.2, 0.25) is 0 Å². The maximum absolute atomic E-state index is 5.68. The molecule has 2 aromatic heterocycles. The fourth-order valence-electron chi connectivity index (χ4n) is 1.48. The Kier molecular flexibility index (Phi) is 4.06. The Balaban J connectivity index is 2.18. The van der Waals surface area contributed by atoms with Crippen LogP contribution in [0, 0.1) is 6.92 Å². The third-order valence-corrected chi connectivity index (χ3v) is 2.43. The van der Waals surface area contributed by atoms with Gasteiger partial charge in [0.05, 0.1) is 11.8 Å². The largest absolute Gasteiger partial charge is 0.437 e. The number of pyridine rings is 1. The van der Waals surface area contributed by atoms with E-state index in [2.05, 4.69) is 27.2 Å². The zero-order chi connectivity index (χ0) is 12.8. The molecule has 0 saturated carbocycles. The lowest BCUT2D eigenvalue weighted by molar-refractivity contribution is 0.455. The molecule has 0 unspecified atom stereocenters. The number of rotatable bonds is 5. The number of hydrogen-bond donors (Lipinski definition) is 1. The molecule has 94 valence electrons. The van der Waals surface area contributed by atoms with Crippen molar-refractivity contribution < 1.29 is 4.74 Å². The molecule has 0 aliphatic heterocycles. The topological polar surface area (TPSA) is 59.9 Å². The van der Waals surface area contributed by atoms with Crippen molar-refractivity contribution in [2.75, 3.05) is 11.9 Å². The molecule has 0 radical (unpaired) electrons. The molecule has 2 heterocycles. The average molecular weight is 244 g/mol. The lowest BCUT2D eigenvalue weighted by atomic mass is 10.3. The predicted octanol–water partition coefficient (Wildman–Crippen LogP) is 2.79. The van der Waals surface area contributed by atoms with Crippen molar-refractivity contribution in [3.8, 4) is 11.6 Å². The smallest absolute Gasteiger partial charge is 0.227 e. The second-order valence-corrected chi connectivity index (χ2v) is 3.87. The lowest BCUT2D eigenvalue weighted by Crippen LogP contribution is -2.05. The van der Waals surface area contributed by atoms with Crippen LogP contribution in [0.25, 0.3) is 0 Å². The maximum Gasteiger partial charge on any atom is 0.227 e. The van der Waals surface area contributed by atoms with E-state index in [0.717, 1.165) is 24.3 Å². The fourth-order valence-corrected chi connectivity index (χ4v) is 1.48. The van der Waals surface area contributed by atoms with Crippen LogP contribution >= 0.6 is 0 Å². The molecule has 0 saturated heterocycles. The Labute approximate surface area is 106 Å². The Morgan fingerprint density at radius 2 is 2.22 bits per heavy atom. The summed E-state index contributed by atoms with van der Waals surface area (Å²) in [5.74, 6) is 2.03. The van der Waals surface area contributed by atoms with Gasteiger partial charge in [-0.2, -0.15) is 0 Å². The van der Waals surface area contributed by atoms with E-state index < -0.39 is 0 Å². The van der Waals surface area contributed by atoms with Crippen LogP contribution in [0.1, 0.15) is 18.9 Å². The first-order chi connectivity index (χ1) is 8.81. The molecule has 0 atom stereocenters. The summed E-state index contributed by atoms with van der Waals surface area (Å²) in [6.45, 7) is 4.92. The van der Waals surface area contributed by atoms with E-state index in [0.29, 0.717) is 11.6 Å². The first-order valence-electron chi connectivity index (χ1n) is 5.94. The minimum absolute atomic E-state index is 0.552. The molecule has 5 nitrogen and oxygen atoms in total. The standard InChI is InChI=1S/C13H16N4O/c1-3-6-15-12-10(2)13(17-9-16-12)18-11-5-4-7-14-8-11/h4-5,7-9H,3,6H2,1-2H3,(H,15,16,17). The molecular weight excluding hydrogens is 228 g/mol.